The third-order valence-corrected chi connectivity index (χ3v) is 4.86. The molecule has 2 aromatic rings. The zero-order valence-electron chi connectivity index (χ0n) is 16.0. The van der Waals surface area contributed by atoms with Gasteiger partial charge in [0.05, 0.1) is 13.7 Å². The van der Waals surface area contributed by atoms with Crippen LogP contribution in [0.2, 0.25) is 0 Å². The van der Waals surface area contributed by atoms with Gasteiger partial charge in [-0.25, -0.2) is 9.18 Å². The number of nitrogens with zero attached hydrogens (tertiary/aromatic N) is 1. The maximum atomic E-state index is 14.6. The van der Waals surface area contributed by atoms with Gasteiger partial charge in [0.1, 0.15) is 24.2 Å². The lowest BCUT2D eigenvalue weighted by atomic mass is 9.93. The smallest absolute Gasteiger partial charge is 0.408 e. The average molecular weight is 402 g/mol. The fourth-order valence-electron chi connectivity index (χ4n) is 3.39. The van der Waals surface area contributed by atoms with Gasteiger partial charge in [0, 0.05) is 25.1 Å². The molecular weight excluding hydrogens is 379 g/mol. The molecule has 1 aliphatic heterocycles. The molecule has 8 heteroatoms. The number of methoxy groups -OCH3 is 1. The van der Waals surface area contributed by atoms with Crippen LogP contribution < -0.4 is 10.1 Å². The van der Waals surface area contributed by atoms with Crippen LogP contribution in [-0.2, 0) is 16.1 Å². The van der Waals surface area contributed by atoms with Crippen LogP contribution in [0.15, 0.2) is 48.5 Å². The number of likely N-dealkylation sites (tertiary alicyclic amines) is 1. The molecule has 7 nitrogen and oxygen atoms in total. The highest BCUT2D eigenvalue weighted by Gasteiger charge is 2.43. The van der Waals surface area contributed by atoms with E-state index >= 15 is 0 Å². The second-order valence-corrected chi connectivity index (χ2v) is 6.69. The molecule has 1 heterocycles. The summed E-state index contributed by atoms with van der Waals surface area (Å²) in [6, 6.07) is 12.5. The molecule has 2 N–H and O–H groups in total. The summed E-state index contributed by atoms with van der Waals surface area (Å²) >= 11 is 0. The first-order valence-electron chi connectivity index (χ1n) is 9.23. The fourth-order valence-corrected chi connectivity index (χ4v) is 3.39. The predicted molar refractivity (Wildman–Crippen MR) is 103 cm³/mol. The van der Waals surface area contributed by atoms with E-state index in [9.17, 15) is 19.1 Å². The van der Waals surface area contributed by atoms with Crippen molar-refractivity contribution in [2.45, 2.75) is 18.6 Å². The van der Waals surface area contributed by atoms with E-state index in [1.807, 2.05) is 30.3 Å². The van der Waals surface area contributed by atoms with E-state index < -0.39 is 29.8 Å². The first-order valence-corrected chi connectivity index (χ1v) is 9.23. The van der Waals surface area contributed by atoms with Crippen molar-refractivity contribution in [3.63, 3.8) is 0 Å². The van der Waals surface area contributed by atoms with Crippen LogP contribution in [-0.4, -0.2) is 54.9 Å². The van der Waals surface area contributed by atoms with E-state index in [1.54, 1.807) is 12.1 Å². The molecule has 0 aromatic heterocycles. The average Bonchev–Trinajstić information content (AvgIpc) is 3.03. The minimum absolute atomic E-state index is 0.0511. The first-order chi connectivity index (χ1) is 14.0. The molecule has 2 atom stereocenters. The van der Waals surface area contributed by atoms with Crippen molar-refractivity contribution in [1.29, 1.82) is 0 Å². The van der Waals surface area contributed by atoms with Crippen LogP contribution in [0.25, 0.3) is 0 Å². The van der Waals surface area contributed by atoms with Crippen LogP contribution in [0.5, 0.6) is 5.75 Å². The van der Waals surface area contributed by atoms with Gasteiger partial charge in [0.15, 0.2) is 0 Å². The summed E-state index contributed by atoms with van der Waals surface area (Å²) in [5.41, 5.74) is 1.09. The van der Waals surface area contributed by atoms with Crippen molar-refractivity contribution in [3.8, 4) is 5.75 Å². The van der Waals surface area contributed by atoms with E-state index in [0.29, 0.717) is 5.75 Å². The molecule has 1 fully saturated rings. The Bertz CT molecular complexity index is 861. The molecule has 1 aliphatic rings. The fraction of sp³-hybridized carbons (Fsp3) is 0.333. The molecular formula is C21H23FN2O5. The number of carbonyl (C=O) groups excluding carboxylic acids is 2. The third kappa shape index (κ3) is 4.83. The lowest BCUT2D eigenvalue weighted by molar-refractivity contribution is -0.129. The minimum Gasteiger partial charge on any atom is -0.497 e. The first kappa shape index (κ1) is 20.6. The maximum Gasteiger partial charge on any atom is 0.408 e. The Hall–Kier alpha value is -3.13. The molecule has 3 rings (SSSR count). The summed E-state index contributed by atoms with van der Waals surface area (Å²) < 4.78 is 24.8. The maximum absolute atomic E-state index is 14.6. The number of hydrogen-bond donors (Lipinski definition) is 2. The molecule has 2 amide bonds. The van der Waals surface area contributed by atoms with Crippen molar-refractivity contribution in [2.75, 3.05) is 26.8 Å². The summed E-state index contributed by atoms with van der Waals surface area (Å²) in [7, 11) is 1.43. The van der Waals surface area contributed by atoms with Crippen molar-refractivity contribution in [3.05, 3.63) is 65.5 Å². The quantitative estimate of drug-likeness (QED) is 0.740. The molecule has 0 aliphatic carbocycles. The van der Waals surface area contributed by atoms with Gasteiger partial charge in [0.25, 0.3) is 0 Å². The molecule has 2 aromatic carbocycles. The molecule has 0 unspecified atom stereocenters. The molecule has 0 spiro atoms. The molecule has 1 saturated heterocycles. The van der Waals surface area contributed by atoms with Crippen molar-refractivity contribution < 1.29 is 28.6 Å². The van der Waals surface area contributed by atoms with E-state index in [-0.39, 0.29) is 31.9 Å². The number of aliphatic hydroxyl groups is 1. The van der Waals surface area contributed by atoms with Gasteiger partial charge in [-0.1, -0.05) is 36.4 Å². The van der Waals surface area contributed by atoms with E-state index in [0.717, 1.165) is 5.56 Å². The van der Waals surface area contributed by atoms with Gasteiger partial charge in [-0.05, 0) is 17.2 Å². The SMILES string of the molecule is COc1ccc([C@@H]2CN(CCO)C(=O)[C@H]2NC(=O)OCc2ccccc2)c(F)c1. The normalized spacial score (nSPS) is 18.6. The number of rotatable bonds is 7. The monoisotopic (exact) mass is 402 g/mol. The number of benzene rings is 2. The van der Waals surface area contributed by atoms with Gasteiger partial charge in [0.2, 0.25) is 5.91 Å². The third-order valence-electron chi connectivity index (χ3n) is 4.86. The van der Waals surface area contributed by atoms with Gasteiger partial charge < -0.3 is 24.8 Å². The topological polar surface area (TPSA) is 88.1 Å². The van der Waals surface area contributed by atoms with Crippen LogP contribution in [0.3, 0.4) is 0 Å². The Balaban J connectivity index is 1.75. The zero-order chi connectivity index (χ0) is 20.8. The highest BCUT2D eigenvalue weighted by atomic mass is 19.1. The number of β-amino-alcohol motifs (C(OH)–C–C–N with tert-alkyl or cyclic N) is 1. The minimum atomic E-state index is -0.993. The summed E-state index contributed by atoms with van der Waals surface area (Å²) in [6.07, 6.45) is -0.767. The second kappa shape index (κ2) is 9.38. The largest absolute Gasteiger partial charge is 0.497 e. The highest BCUT2D eigenvalue weighted by Crippen LogP contribution is 2.32. The zero-order valence-corrected chi connectivity index (χ0v) is 16.0. The predicted octanol–water partition coefficient (Wildman–Crippen LogP) is 2.05. The van der Waals surface area contributed by atoms with Crippen molar-refractivity contribution in [2.24, 2.45) is 0 Å². The summed E-state index contributed by atoms with van der Waals surface area (Å²) in [6.45, 7) is 0.0981. The molecule has 0 saturated carbocycles. The van der Waals surface area contributed by atoms with Gasteiger partial charge in [-0.15, -0.1) is 0 Å². The van der Waals surface area contributed by atoms with Crippen LogP contribution in [0, 0.1) is 5.82 Å². The summed E-state index contributed by atoms with van der Waals surface area (Å²) in [5, 5.41) is 11.8. The van der Waals surface area contributed by atoms with E-state index in [1.165, 1.54) is 18.1 Å². The molecule has 0 radical (unpaired) electrons. The van der Waals surface area contributed by atoms with E-state index in [4.69, 9.17) is 9.47 Å². The number of hydrogen-bond acceptors (Lipinski definition) is 5. The number of halogens is 1. The Kier molecular flexibility index (Phi) is 6.66. The number of carbonyl (C=O) groups is 2. The highest BCUT2D eigenvalue weighted by molar-refractivity contribution is 5.89. The lowest BCUT2D eigenvalue weighted by Gasteiger charge is -2.19. The van der Waals surface area contributed by atoms with Gasteiger partial charge in [-0.2, -0.15) is 0 Å². The Morgan fingerprint density at radius 1 is 1.28 bits per heavy atom. The summed E-state index contributed by atoms with van der Waals surface area (Å²) in [4.78, 5) is 26.4. The number of amides is 2. The van der Waals surface area contributed by atoms with Crippen LogP contribution in [0.4, 0.5) is 9.18 Å². The molecule has 154 valence electrons. The Morgan fingerprint density at radius 3 is 2.69 bits per heavy atom. The second-order valence-electron chi connectivity index (χ2n) is 6.69. The number of ether oxygens (including phenoxy) is 2. The number of alkyl carbamates (subject to hydrolysis) is 1. The van der Waals surface area contributed by atoms with Crippen LogP contribution >= 0.6 is 0 Å². The van der Waals surface area contributed by atoms with E-state index in [2.05, 4.69) is 5.32 Å². The number of aliphatic hydroxyl groups excluding tert-OH is 1. The Morgan fingerprint density at radius 2 is 2.03 bits per heavy atom. The Labute approximate surface area is 168 Å². The van der Waals surface area contributed by atoms with Gasteiger partial charge >= 0.3 is 6.09 Å². The molecule has 29 heavy (non-hydrogen) atoms. The standard InChI is InChI=1S/C21H23FN2O5/c1-28-15-7-8-16(18(22)11-15)17-12-24(9-10-25)20(26)19(17)23-21(27)29-13-14-5-3-2-4-6-14/h2-8,11,17,19,25H,9-10,12-13H2,1H3,(H,23,27)/t17-,19-/m0/s1. The molecule has 0 bridgehead atoms. The van der Waals surface area contributed by atoms with Gasteiger partial charge in [-0.3, -0.25) is 4.79 Å². The van der Waals surface area contributed by atoms with Crippen LogP contribution in [0.1, 0.15) is 17.0 Å². The lowest BCUT2D eigenvalue weighted by Crippen LogP contribution is -2.44. The summed E-state index contributed by atoms with van der Waals surface area (Å²) in [5.74, 6) is -1.19. The number of nitrogens with one attached hydrogen (secondary N) is 1. The van der Waals surface area contributed by atoms with Crippen molar-refractivity contribution >= 4 is 12.0 Å². The van der Waals surface area contributed by atoms with Crippen molar-refractivity contribution in [1.82, 2.24) is 10.2 Å².